The number of pyridine rings is 1. The first-order valence-corrected chi connectivity index (χ1v) is 6.77. The number of hydrogen-bond donors (Lipinski definition) is 2. The van der Waals surface area contributed by atoms with Crippen LogP contribution in [0.2, 0.25) is 0 Å². The van der Waals surface area contributed by atoms with E-state index in [1.165, 1.54) is 0 Å². The lowest BCUT2D eigenvalue weighted by molar-refractivity contribution is 0.799. The van der Waals surface area contributed by atoms with Crippen LogP contribution in [-0.4, -0.2) is 31.8 Å². The molecule has 0 aliphatic heterocycles. The highest BCUT2D eigenvalue weighted by atomic mass is 15.4. The number of rotatable bonds is 3. The molecule has 4 heterocycles. The van der Waals surface area contributed by atoms with Crippen molar-refractivity contribution in [3.05, 3.63) is 48.5 Å². The minimum atomic E-state index is 0.784. The molecule has 4 rings (SSSR count). The molecule has 0 saturated carbocycles. The van der Waals surface area contributed by atoms with Crippen LogP contribution in [0.3, 0.4) is 0 Å². The molecule has 21 heavy (non-hydrogen) atoms. The quantitative estimate of drug-likeness (QED) is 0.601. The Morgan fingerprint density at radius 1 is 1.19 bits per heavy atom. The van der Waals surface area contributed by atoms with Crippen molar-refractivity contribution >= 4 is 16.6 Å². The van der Waals surface area contributed by atoms with Crippen molar-refractivity contribution in [2.24, 2.45) is 0 Å². The van der Waals surface area contributed by atoms with Gasteiger partial charge in [-0.05, 0) is 36.9 Å². The Hall–Kier alpha value is -2.73. The molecule has 6 nitrogen and oxygen atoms in total. The van der Waals surface area contributed by atoms with Gasteiger partial charge >= 0.3 is 0 Å². The van der Waals surface area contributed by atoms with E-state index in [4.69, 9.17) is 0 Å². The summed E-state index contributed by atoms with van der Waals surface area (Å²) >= 11 is 0. The van der Waals surface area contributed by atoms with Crippen LogP contribution in [0.1, 0.15) is 5.69 Å². The molecular formula is C15H14N6. The summed E-state index contributed by atoms with van der Waals surface area (Å²) in [6, 6.07) is 8.09. The van der Waals surface area contributed by atoms with Crippen molar-refractivity contribution in [1.82, 2.24) is 30.1 Å². The second-order valence-corrected chi connectivity index (χ2v) is 4.90. The van der Waals surface area contributed by atoms with Gasteiger partial charge in [-0.25, -0.2) is 4.98 Å². The zero-order valence-corrected chi connectivity index (χ0v) is 11.5. The summed E-state index contributed by atoms with van der Waals surface area (Å²) in [7, 11) is 1.93. The summed E-state index contributed by atoms with van der Waals surface area (Å²) in [6.07, 6.45) is 5.40. The highest BCUT2D eigenvalue weighted by molar-refractivity contribution is 5.97. The Labute approximate surface area is 120 Å². The number of fused-ring (bicyclic) bond motifs is 2. The molecule has 0 bridgehead atoms. The van der Waals surface area contributed by atoms with Gasteiger partial charge in [0.2, 0.25) is 0 Å². The van der Waals surface area contributed by atoms with Gasteiger partial charge < -0.3 is 10.3 Å². The van der Waals surface area contributed by atoms with E-state index in [1.807, 2.05) is 37.6 Å². The maximum Gasteiger partial charge on any atom is 0.138 e. The summed E-state index contributed by atoms with van der Waals surface area (Å²) in [4.78, 5) is 7.74. The predicted octanol–water partition coefficient (Wildman–Crippen LogP) is 1.99. The third kappa shape index (κ3) is 1.88. The largest absolute Gasteiger partial charge is 0.342 e. The Morgan fingerprint density at radius 2 is 2.14 bits per heavy atom. The number of aromatic nitrogens is 5. The minimum absolute atomic E-state index is 0.784. The van der Waals surface area contributed by atoms with Crippen molar-refractivity contribution in [1.29, 1.82) is 0 Å². The molecule has 0 unspecified atom stereocenters. The van der Waals surface area contributed by atoms with E-state index in [1.54, 1.807) is 10.8 Å². The molecule has 0 radical (unpaired) electrons. The topological polar surface area (TPSA) is 70.9 Å². The van der Waals surface area contributed by atoms with Gasteiger partial charge in [0.15, 0.2) is 0 Å². The number of H-pyrrole nitrogens is 1. The molecule has 0 amide bonds. The van der Waals surface area contributed by atoms with E-state index in [0.29, 0.717) is 0 Å². The smallest absolute Gasteiger partial charge is 0.138 e. The zero-order chi connectivity index (χ0) is 14.2. The molecule has 4 aromatic rings. The second-order valence-electron chi connectivity index (χ2n) is 4.90. The van der Waals surface area contributed by atoms with Crippen molar-refractivity contribution in [2.45, 2.75) is 6.54 Å². The van der Waals surface area contributed by atoms with E-state index in [2.05, 4.69) is 31.5 Å². The predicted molar refractivity (Wildman–Crippen MR) is 80.8 cm³/mol. The zero-order valence-electron chi connectivity index (χ0n) is 11.5. The normalized spacial score (nSPS) is 11.5. The molecule has 104 valence electrons. The molecular weight excluding hydrogens is 264 g/mol. The van der Waals surface area contributed by atoms with E-state index in [9.17, 15) is 0 Å². The van der Waals surface area contributed by atoms with E-state index in [-0.39, 0.29) is 0 Å². The Morgan fingerprint density at radius 3 is 3.05 bits per heavy atom. The van der Waals surface area contributed by atoms with Crippen molar-refractivity contribution in [3.8, 4) is 11.1 Å². The first-order valence-electron chi connectivity index (χ1n) is 6.77. The third-order valence-corrected chi connectivity index (χ3v) is 3.55. The monoisotopic (exact) mass is 278 g/mol. The number of nitrogens with zero attached hydrogens (tertiary/aromatic N) is 4. The van der Waals surface area contributed by atoms with E-state index >= 15 is 0 Å². The van der Waals surface area contributed by atoms with Crippen LogP contribution in [0.4, 0.5) is 0 Å². The highest BCUT2D eigenvalue weighted by Gasteiger charge is 2.12. The lowest BCUT2D eigenvalue weighted by Crippen LogP contribution is -2.04. The van der Waals surface area contributed by atoms with Crippen LogP contribution in [0.25, 0.3) is 27.7 Å². The molecule has 4 aromatic heterocycles. The fourth-order valence-corrected chi connectivity index (χ4v) is 2.64. The van der Waals surface area contributed by atoms with E-state index < -0.39 is 0 Å². The van der Waals surface area contributed by atoms with Gasteiger partial charge in [0, 0.05) is 35.6 Å². The highest BCUT2D eigenvalue weighted by Crippen LogP contribution is 2.30. The summed E-state index contributed by atoms with van der Waals surface area (Å²) in [5.74, 6) is 0. The fourth-order valence-electron chi connectivity index (χ4n) is 2.64. The van der Waals surface area contributed by atoms with Gasteiger partial charge in [0.25, 0.3) is 0 Å². The van der Waals surface area contributed by atoms with Gasteiger partial charge in [0.1, 0.15) is 5.65 Å². The summed E-state index contributed by atoms with van der Waals surface area (Å²) in [5.41, 5.74) is 5.16. The van der Waals surface area contributed by atoms with E-state index in [0.717, 1.165) is 39.9 Å². The van der Waals surface area contributed by atoms with Crippen LogP contribution < -0.4 is 5.32 Å². The average molecular weight is 278 g/mol. The van der Waals surface area contributed by atoms with Crippen LogP contribution >= 0.6 is 0 Å². The summed E-state index contributed by atoms with van der Waals surface area (Å²) < 4.78 is 1.64. The Bertz CT molecular complexity index is 920. The first-order chi connectivity index (χ1) is 10.4. The third-order valence-electron chi connectivity index (χ3n) is 3.55. The maximum atomic E-state index is 4.41. The molecule has 0 atom stereocenters. The molecule has 2 N–H and O–H groups in total. The number of aromatic amines is 1. The number of hydrogen-bond acceptors (Lipinski definition) is 4. The van der Waals surface area contributed by atoms with Gasteiger partial charge in [-0.3, -0.25) is 0 Å². The van der Waals surface area contributed by atoms with Gasteiger partial charge in [-0.15, -0.1) is 0 Å². The van der Waals surface area contributed by atoms with Crippen LogP contribution in [0.15, 0.2) is 42.9 Å². The van der Waals surface area contributed by atoms with Crippen LogP contribution in [0.5, 0.6) is 0 Å². The minimum Gasteiger partial charge on any atom is -0.342 e. The standard InChI is InChI=1S/C15H14N6/c1-16-8-10-7-12-11(4-6-17-15(12)20-10)13-9-19-21-14(13)3-2-5-18-21/h2-7,9,16H,8H2,1H3,(H,17,20). The fraction of sp³-hybridized carbons (Fsp3) is 0.133. The molecule has 0 aromatic carbocycles. The summed E-state index contributed by atoms with van der Waals surface area (Å²) in [6.45, 7) is 0.784. The molecule has 0 aliphatic rings. The molecule has 6 heteroatoms. The van der Waals surface area contributed by atoms with Gasteiger partial charge in [0.05, 0.1) is 11.7 Å². The van der Waals surface area contributed by atoms with Crippen LogP contribution in [0, 0.1) is 0 Å². The van der Waals surface area contributed by atoms with Crippen LogP contribution in [-0.2, 0) is 6.54 Å². The molecule has 0 spiro atoms. The molecule has 0 aliphatic carbocycles. The van der Waals surface area contributed by atoms with Gasteiger partial charge in [-0.1, -0.05) is 0 Å². The van der Waals surface area contributed by atoms with Crippen molar-refractivity contribution in [2.75, 3.05) is 7.05 Å². The molecule has 0 saturated heterocycles. The maximum absolute atomic E-state index is 4.41. The van der Waals surface area contributed by atoms with Crippen molar-refractivity contribution < 1.29 is 0 Å². The van der Waals surface area contributed by atoms with Crippen molar-refractivity contribution in [3.63, 3.8) is 0 Å². The number of nitrogens with one attached hydrogen (secondary N) is 2. The summed E-state index contributed by atoms with van der Waals surface area (Å²) in [5, 5.41) is 12.8. The van der Waals surface area contributed by atoms with Gasteiger partial charge in [-0.2, -0.15) is 14.8 Å². The Balaban J connectivity index is 1.97. The average Bonchev–Trinajstić information content (AvgIpc) is 3.10. The lowest BCUT2D eigenvalue weighted by Gasteiger charge is -2.00. The molecule has 0 fully saturated rings. The lowest BCUT2D eigenvalue weighted by atomic mass is 10.1. The Kier molecular flexibility index (Phi) is 2.68. The first kappa shape index (κ1) is 12.0. The second kappa shape index (κ2) is 4.68. The SMILES string of the molecule is CNCc1cc2c(-c3cnn4ncccc34)ccnc2[nH]1.